The first kappa shape index (κ1) is 9.41. The first-order valence-electron chi connectivity index (χ1n) is 2.69. The zero-order valence-electron chi connectivity index (χ0n) is 5.55. The van der Waals surface area contributed by atoms with Gasteiger partial charge in [0, 0.05) is 7.05 Å². The van der Waals surface area contributed by atoms with E-state index < -0.39 is 0 Å². The van der Waals surface area contributed by atoms with Gasteiger partial charge in [-0.05, 0) is 53.9 Å². The highest BCUT2D eigenvalue weighted by Gasteiger charge is 2.03. The van der Waals surface area contributed by atoms with Crippen molar-refractivity contribution in [3.63, 3.8) is 0 Å². The fourth-order valence-electron chi connectivity index (χ4n) is 0.596. The van der Waals surface area contributed by atoms with Gasteiger partial charge in [-0.3, -0.25) is 0 Å². The molecular formula is C5H4Br3N3. The lowest BCUT2D eigenvalue weighted by atomic mass is 10.5. The summed E-state index contributed by atoms with van der Waals surface area (Å²) in [6, 6.07) is 0. The Kier molecular flexibility index (Phi) is 3.27. The monoisotopic (exact) mass is 343 g/mol. The van der Waals surface area contributed by atoms with E-state index in [1.165, 1.54) is 0 Å². The van der Waals surface area contributed by atoms with Crippen LogP contribution in [-0.2, 0) is 7.05 Å². The van der Waals surface area contributed by atoms with Gasteiger partial charge in [-0.15, -0.1) is 5.10 Å². The Morgan fingerprint density at radius 1 is 1.55 bits per heavy atom. The molecule has 3 nitrogen and oxygen atoms in total. The second-order valence-corrected chi connectivity index (χ2v) is 5.35. The maximum atomic E-state index is 3.81. The van der Waals surface area contributed by atoms with Crippen LogP contribution < -0.4 is 0 Å². The normalized spacial score (nSPS) is 9.82. The molecule has 0 unspecified atom stereocenters. The van der Waals surface area contributed by atoms with E-state index in [-0.39, 0.29) is 0 Å². The predicted molar refractivity (Wildman–Crippen MR) is 54.5 cm³/mol. The van der Waals surface area contributed by atoms with Crippen molar-refractivity contribution in [3.05, 3.63) is 13.7 Å². The summed E-state index contributed by atoms with van der Waals surface area (Å²) in [5.41, 5.74) is 0.911. The highest BCUT2D eigenvalue weighted by molar-refractivity contribution is 9.28. The fourth-order valence-corrected chi connectivity index (χ4v) is 1.47. The molecular weight excluding hydrogens is 342 g/mol. The Bertz CT molecular complexity index is 268. The second kappa shape index (κ2) is 3.82. The van der Waals surface area contributed by atoms with Crippen LogP contribution in [-0.4, -0.2) is 15.0 Å². The van der Waals surface area contributed by atoms with Crippen LogP contribution in [0.15, 0.2) is 7.99 Å². The van der Waals surface area contributed by atoms with Gasteiger partial charge >= 0.3 is 0 Å². The Morgan fingerprint density at radius 3 is 2.55 bits per heavy atom. The average Bonchev–Trinajstić information content (AvgIpc) is 2.18. The summed E-state index contributed by atoms with van der Waals surface area (Å²) in [4.78, 5) is 0. The Balaban J connectivity index is 3.11. The van der Waals surface area contributed by atoms with Crippen molar-refractivity contribution in [2.24, 2.45) is 7.05 Å². The van der Waals surface area contributed by atoms with Crippen molar-refractivity contribution >= 4 is 53.9 Å². The van der Waals surface area contributed by atoms with Crippen molar-refractivity contribution in [3.8, 4) is 0 Å². The quantitative estimate of drug-likeness (QED) is 0.783. The maximum Gasteiger partial charge on any atom is 0.155 e. The molecule has 0 N–H and O–H groups in total. The van der Waals surface area contributed by atoms with Gasteiger partial charge in [-0.25, -0.2) is 4.68 Å². The van der Waals surface area contributed by atoms with Gasteiger partial charge in [0.25, 0.3) is 0 Å². The predicted octanol–water partition coefficient (Wildman–Crippen LogP) is 2.67. The molecule has 0 bridgehead atoms. The Hall–Kier alpha value is 0.320. The van der Waals surface area contributed by atoms with Crippen LogP contribution in [0.4, 0.5) is 0 Å². The third-order valence-electron chi connectivity index (χ3n) is 1.07. The average molecular weight is 346 g/mol. The summed E-state index contributed by atoms with van der Waals surface area (Å²) >= 11 is 9.77. The highest BCUT2D eigenvalue weighted by atomic mass is 79.9. The number of rotatable bonds is 1. The molecule has 60 valence electrons. The standard InChI is InChI=1S/C5H4Br3N3/c1-11-3(2-4(6)7)5(8)9-10-11/h2H,1H3. The molecule has 0 aliphatic carbocycles. The molecule has 0 saturated heterocycles. The molecule has 1 aromatic rings. The third-order valence-corrected chi connectivity index (χ3v) is 2.10. The zero-order valence-corrected chi connectivity index (χ0v) is 10.3. The van der Waals surface area contributed by atoms with E-state index in [0.717, 1.165) is 13.7 Å². The molecule has 0 atom stereocenters. The number of nitrogens with zero attached hydrogens (tertiary/aromatic N) is 3. The number of halogens is 3. The van der Waals surface area contributed by atoms with Gasteiger partial charge in [0.05, 0.1) is 9.09 Å². The molecule has 6 heteroatoms. The molecule has 0 saturated carbocycles. The number of aromatic nitrogens is 3. The summed E-state index contributed by atoms with van der Waals surface area (Å²) in [6.45, 7) is 0. The van der Waals surface area contributed by atoms with Crippen LogP contribution in [0.3, 0.4) is 0 Å². The highest BCUT2D eigenvalue weighted by Crippen LogP contribution is 2.21. The minimum Gasteiger partial charge on any atom is -0.247 e. The van der Waals surface area contributed by atoms with Gasteiger partial charge in [0.15, 0.2) is 4.60 Å². The van der Waals surface area contributed by atoms with Crippen LogP contribution >= 0.6 is 47.8 Å². The van der Waals surface area contributed by atoms with Crippen LogP contribution in [0.25, 0.3) is 6.08 Å². The maximum absolute atomic E-state index is 3.81. The molecule has 0 aliphatic heterocycles. The van der Waals surface area contributed by atoms with Crippen molar-refractivity contribution in [1.29, 1.82) is 0 Å². The molecule has 0 radical (unpaired) electrons. The van der Waals surface area contributed by atoms with E-state index in [1.54, 1.807) is 4.68 Å². The molecule has 0 aliphatic rings. The summed E-state index contributed by atoms with van der Waals surface area (Å²) < 4.78 is 3.26. The lowest BCUT2D eigenvalue weighted by Gasteiger charge is -1.91. The Morgan fingerprint density at radius 2 is 2.18 bits per heavy atom. The number of hydrogen-bond donors (Lipinski definition) is 0. The van der Waals surface area contributed by atoms with E-state index in [9.17, 15) is 0 Å². The summed E-state index contributed by atoms with van der Waals surface area (Å²) in [6.07, 6.45) is 1.87. The van der Waals surface area contributed by atoms with Crippen LogP contribution in [0.5, 0.6) is 0 Å². The molecule has 11 heavy (non-hydrogen) atoms. The summed E-state index contributed by atoms with van der Waals surface area (Å²) in [5, 5.41) is 7.62. The van der Waals surface area contributed by atoms with Gasteiger partial charge in [0.2, 0.25) is 0 Å². The summed E-state index contributed by atoms with van der Waals surface area (Å²) in [5.74, 6) is 0. The van der Waals surface area contributed by atoms with E-state index in [2.05, 4.69) is 58.1 Å². The van der Waals surface area contributed by atoms with Crippen molar-refractivity contribution in [2.75, 3.05) is 0 Å². The van der Waals surface area contributed by atoms with Crippen molar-refractivity contribution in [2.45, 2.75) is 0 Å². The largest absolute Gasteiger partial charge is 0.247 e. The second-order valence-electron chi connectivity index (χ2n) is 1.82. The van der Waals surface area contributed by atoms with Gasteiger partial charge in [-0.1, -0.05) is 5.21 Å². The van der Waals surface area contributed by atoms with Crippen molar-refractivity contribution < 1.29 is 0 Å². The Labute approximate surface area is 89.2 Å². The van der Waals surface area contributed by atoms with E-state index in [4.69, 9.17) is 0 Å². The minimum absolute atomic E-state index is 0.733. The zero-order chi connectivity index (χ0) is 8.43. The van der Waals surface area contributed by atoms with Crippen molar-refractivity contribution in [1.82, 2.24) is 15.0 Å². The smallest absolute Gasteiger partial charge is 0.155 e. The van der Waals surface area contributed by atoms with Gasteiger partial charge in [0.1, 0.15) is 0 Å². The first-order chi connectivity index (χ1) is 5.11. The SMILES string of the molecule is Cn1nnc(Br)c1C=C(Br)Br. The van der Waals surface area contributed by atoms with Crippen LogP contribution in [0, 0.1) is 0 Å². The van der Waals surface area contributed by atoms with E-state index in [1.807, 2.05) is 13.1 Å². The number of aryl methyl sites for hydroxylation is 1. The van der Waals surface area contributed by atoms with Crippen LogP contribution in [0.1, 0.15) is 5.69 Å². The molecule has 1 rings (SSSR count). The topological polar surface area (TPSA) is 30.7 Å². The lowest BCUT2D eigenvalue weighted by molar-refractivity contribution is 0.709. The minimum atomic E-state index is 0.733. The molecule has 0 fully saturated rings. The summed E-state index contributed by atoms with van der Waals surface area (Å²) in [7, 11) is 1.83. The van der Waals surface area contributed by atoms with E-state index >= 15 is 0 Å². The fraction of sp³-hybridized carbons (Fsp3) is 0.200. The molecule has 0 aromatic carbocycles. The van der Waals surface area contributed by atoms with Gasteiger partial charge in [-0.2, -0.15) is 0 Å². The third kappa shape index (κ3) is 2.38. The molecule has 0 spiro atoms. The first-order valence-corrected chi connectivity index (χ1v) is 5.07. The molecule has 1 heterocycles. The van der Waals surface area contributed by atoms with E-state index in [0.29, 0.717) is 0 Å². The van der Waals surface area contributed by atoms with Gasteiger partial charge < -0.3 is 0 Å². The lowest BCUT2D eigenvalue weighted by Crippen LogP contribution is -1.92. The number of hydrogen-bond acceptors (Lipinski definition) is 2. The van der Waals surface area contributed by atoms with Crippen LogP contribution in [0.2, 0.25) is 0 Å². The molecule has 0 amide bonds. The molecule has 1 aromatic heterocycles.